The molecule has 0 amide bonds. The largest absolute Gasteiger partial charge is 0.508 e. The number of carbonyl (C=O) groups excluding carboxylic acids is 1. The minimum atomic E-state index is 0.229. The van der Waals surface area contributed by atoms with E-state index in [2.05, 4.69) is 0 Å². The number of phenolic OH excluding ortho intramolecular Hbond substituents is 1. The molecule has 0 heterocycles. The Labute approximate surface area is 119 Å². The first-order valence-corrected chi connectivity index (χ1v) is 7.17. The third kappa shape index (κ3) is 2.22. The van der Waals surface area contributed by atoms with E-state index >= 15 is 0 Å². The van der Waals surface area contributed by atoms with Gasteiger partial charge in [-0.3, -0.25) is 4.79 Å². The number of hydrogen-bond acceptors (Lipinski definition) is 2. The van der Waals surface area contributed by atoms with Gasteiger partial charge < -0.3 is 5.11 Å². The molecule has 0 atom stereocenters. The lowest BCUT2D eigenvalue weighted by molar-refractivity contribution is 0.0981. The molecule has 0 saturated heterocycles. The Hall–Kier alpha value is -2.09. The summed E-state index contributed by atoms with van der Waals surface area (Å²) in [6.45, 7) is 2.03. The monoisotopic (exact) mass is 266 g/mol. The van der Waals surface area contributed by atoms with E-state index in [-0.39, 0.29) is 5.78 Å². The first kappa shape index (κ1) is 12.9. The lowest BCUT2D eigenvalue weighted by atomic mass is 9.84. The van der Waals surface area contributed by atoms with Gasteiger partial charge in [-0.1, -0.05) is 25.1 Å². The van der Waals surface area contributed by atoms with E-state index in [0.717, 1.165) is 24.8 Å². The summed E-state index contributed by atoms with van der Waals surface area (Å²) in [5, 5.41) is 9.57. The van der Waals surface area contributed by atoms with Crippen LogP contribution < -0.4 is 0 Å². The second-order valence-corrected chi connectivity index (χ2v) is 5.39. The quantitative estimate of drug-likeness (QED) is 0.848. The number of Topliss-reactive ketones (excluding diaryl/α,β-unsaturated/α-hetero) is 1. The fourth-order valence-corrected chi connectivity index (χ4v) is 2.93. The van der Waals surface area contributed by atoms with Crippen LogP contribution in [0.15, 0.2) is 36.4 Å². The summed E-state index contributed by atoms with van der Waals surface area (Å²) in [5.41, 5.74) is 5.63. The third-order valence-corrected chi connectivity index (χ3v) is 3.95. The number of benzene rings is 2. The van der Waals surface area contributed by atoms with Gasteiger partial charge in [-0.2, -0.15) is 0 Å². The molecule has 2 aromatic carbocycles. The number of rotatable bonds is 3. The van der Waals surface area contributed by atoms with Gasteiger partial charge >= 0.3 is 0 Å². The van der Waals surface area contributed by atoms with Gasteiger partial charge in [0.05, 0.1) is 0 Å². The SMILES string of the molecule is CCCC(=O)c1ccc2c(c1)CCc1cc(O)ccc1-2. The second-order valence-electron chi connectivity index (χ2n) is 5.39. The van der Waals surface area contributed by atoms with Crippen molar-refractivity contribution in [3.05, 3.63) is 53.1 Å². The minimum Gasteiger partial charge on any atom is -0.508 e. The molecule has 2 heteroatoms. The molecule has 2 aromatic rings. The van der Waals surface area contributed by atoms with Crippen molar-refractivity contribution in [2.24, 2.45) is 0 Å². The number of hydrogen-bond donors (Lipinski definition) is 1. The molecule has 0 saturated carbocycles. The summed E-state index contributed by atoms with van der Waals surface area (Å²) in [6.07, 6.45) is 3.35. The van der Waals surface area contributed by atoms with Gasteiger partial charge in [0.1, 0.15) is 5.75 Å². The average molecular weight is 266 g/mol. The number of aromatic hydroxyl groups is 1. The van der Waals surface area contributed by atoms with E-state index < -0.39 is 0 Å². The minimum absolute atomic E-state index is 0.229. The number of aryl methyl sites for hydroxylation is 2. The zero-order valence-electron chi connectivity index (χ0n) is 11.6. The van der Waals surface area contributed by atoms with Crippen molar-refractivity contribution in [1.82, 2.24) is 0 Å². The van der Waals surface area contributed by atoms with Gasteiger partial charge in [0.15, 0.2) is 5.78 Å². The first-order valence-electron chi connectivity index (χ1n) is 7.17. The highest BCUT2D eigenvalue weighted by molar-refractivity contribution is 5.97. The Balaban J connectivity index is 2.03. The van der Waals surface area contributed by atoms with Gasteiger partial charge in [0.2, 0.25) is 0 Å². The molecule has 1 aliphatic rings. The molecule has 0 aliphatic heterocycles. The summed E-state index contributed by atoms with van der Waals surface area (Å²) >= 11 is 0. The highest BCUT2D eigenvalue weighted by atomic mass is 16.3. The molecule has 20 heavy (non-hydrogen) atoms. The van der Waals surface area contributed by atoms with E-state index in [0.29, 0.717) is 12.2 Å². The second kappa shape index (κ2) is 5.12. The van der Waals surface area contributed by atoms with Gasteiger partial charge in [0.25, 0.3) is 0 Å². The van der Waals surface area contributed by atoms with E-state index in [1.807, 2.05) is 37.3 Å². The van der Waals surface area contributed by atoms with Crippen LogP contribution in [0.1, 0.15) is 41.3 Å². The van der Waals surface area contributed by atoms with Crippen molar-refractivity contribution in [3.8, 4) is 16.9 Å². The molecule has 0 fully saturated rings. The first-order chi connectivity index (χ1) is 9.69. The molecule has 0 unspecified atom stereocenters. The third-order valence-electron chi connectivity index (χ3n) is 3.95. The van der Waals surface area contributed by atoms with Crippen LogP contribution in [0.3, 0.4) is 0 Å². The average Bonchev–Trinajstić information content (AvgIpc) is 2.46. The Morgan fingerprint density at radius 3 is 2.40 bits per heavy atom. The van der Waals surface area contributed by atoms with E-state index in [9.17, 15) is 9.90 Å². The highest BCUT2D eigenvalue weighted by Gasteiger charge is 2.17. The van der Waals surface area contributed by atoms with Crippen LogP contribution in [0.5, 0.6) is 5.75 Å². The number of phenols is 1. The molecule has 0 bridgehead atoms. The van der Waals surface area contributed by atoms with Crippen LogP contribution in [-0.2, 0) is 12.8 Å². The number of fused-ring (bicyclic) bond motifs is 3. The summed E-state index contributed by atoms with van der Waals surface area (Å²) < 4.78 is 0. The maximum Gasteiger partial charge on any atom is 0.162 e. The maximum absolute atomic E-state index is 12.0. The Bertz CT molecular complexity index is 671. The Morgan fingerprint density at radius 2 is 1.70 bits per heavy atom. The van der Waals surface area contributed by atoms with Gasteiger partial charge in [-0.25, -0.2) is 0 Å². The molecule has 0 spiro atoms. The van der Waals surface area contributed by atoms with Crippen molar-refractivity contribution in [3.63, 3.8) is 0 Å². The van der Waals surface area contributed by atoms with E-state index in [1.165, 1.54) is 22.3 Å². The maximum atomic E-state index is 12.0. The van der Waals surface area contributed by atoms with E-state index in [4.69, 9.17) is 0 Å². The summed E-state index contributed by atoms with van der Waals surface area (Å²) in [5.74, 6) is 0.550. The van der Waals surface area contributed by atoms with Gasteiger partial charge in [-0.15, -0.1) is 0 Å². The Kier molecular flexibility index (Phi) is 3.31. The van der Waals surface area contributed by atoms with Crippen LogP contribution in [0.4, 0.5) is 0 Å². The molecule has 3 rings (SSSR count). The van der Waals surface area contributed by atoms with Crippen molar-refractivity contribution in [2.75, 3.05) is 0 Å². The molecular formula is C18H18O2. The predicted molar refractivity (Wildman–Crippen MR) is 80.2 cm³/mol. The molecule has 1 aliphatic carbocycles. The zero-order chi connectivity index (χ0) is 14.1. The molecule has 102 valence electrons. The molecule has 1 N–H and O–H groups in total. The summed E-state index contributed by atoms with van der Waals surface area (Å²) in [4.78, 5) is 12.0. The molecule has 0 aromatic heterocycles. The van der Waals surface area contributed by atoms with Crippen LogP contribution in [0, 0.1) is 0 Å². The standard InChI is InChI=1S/C18H18O2/c1-2-3-18(20)14-6-8-16-12(10-14)4-5-13-11-15(19)7-9-17(13)16/h6-11,19H,2-5H2,1H3. The number of carbonyl (C=O) groups is 1. The van der Waals surface area contributed by atoms with Gasteiger partial charge in [-0.05, 0) is 59.7 Å². The van der Waals surface area contributed by atoms with Crippen molar-refractivity contribution >= 4 is 5.78 Å². The lowest BCUT2D eigenvalue weighted by Crippen LogP contribution is -2.06. The fourth-order valence-electron chi connectivity index (χ4n) is 2.93. The number of ketones is 1. The van der Waals surface area contributed by atoms with E-state index in [1.54, 1.807) is 6.07 Å². The zero-order valence-corrected chi connectivity index (χ0v) is 11.6. The van der Waals surface area contributed by atoms with Crippen LogP contribution >= 0.6 is 0 Å². The smallest absolute Gasteiger partial charge is 0.162 e. The summed E-state index contributed by atoms with van der Waals surface area (Å²) in [6, 6.07) is 11.6. The van der Waals surface area contributed by atoms with Crippen LogP contribution in [0.2, 0.25) is 0 Å². The highest BCUT2D eigenvalue weighted by Crippen LogP contribution is 2.35. The molecular weight excluding hydrogens is 248 g/mol. The molecule has 0 radical (unpaired) electrons. The van der Waals surface area contributed by atoms with Crippen molar-refractivity contribution < 1.29 is 9.90 Å². The fraction of sp³-hybridized carbons (Fsp3) is 0.278. The topological polar surface area (TPSA) is 37.3 Å². The van der Waals surface area contributed by atoms with Gasteiger partial charge in [0, 0.05) is 12.0 Å². The molecule has 2 nitrogen and oxygen atoms in total. The van der Waals surface area contributed by atoms with Crippen molar-refractivity contribution in [2.45, 2.75) is 32.6 Å². The summed E-state index contributed by atoms with van der Waals surface area (Å²) in [7, 11) is 0. The predicted octanol–water partition coefficient (Wildman–Crippen LogP) is 4.14. The lowest BCUT2D eigenvalue weighted by Gasteiger charge is -2.20. The van der Waals surface area contributed by atoms with Crippen LogP contribution in [-0.4, -0.2) is 10.9 Å². The Morgan fingerprint density at radius 1 is 1.05 bits per heavy atom. The van der Waals surface area contributed by atoms with Crippen LogP contribution in [0.25, 0.3) is 11.1 Å². The normalized spacial score (nSPS) is 12.7. The van der Waals surface area contributed by atoms with Crippen molar-refractivity contribution in [1.29, 1.82) is 0 Å².